The number of hydrogen-bond donors (Lipinski definition) is 20. The zero-order valence-corrected chi connectivity index (χ0v) is 48.0. The van der Waals surface area contributed by atoms with E-state index in [-0.39, 0.29) is 86.2 Å². The standard InChI is InChI=1S/C19H19N7O6.C9H17NO5.C7H7NO2.C6H6N2O.C6H12O6.C5H14NO.ClH/c20-19-25-15-14(17(30)26-19)23-11(8-22-15)7-21-10-3-1-9(2-4-10)16(29)24-12(18(31)32)5-6-13(27)28;1-9(2,5-11)7(14)8(15)10-4-3-6(12)13;8-6-3-1-5(2-4-6)7(9)10;7-6(9)5-2-1-3-8-4-5;7-1-2(8)4(10)6(12)5(11)3(1)9;1-6(2,3)4-5-7;/h1-4,8,12,21H,5-7H2,(H,24,29)(H,27,28)(H,31,32)(H3,20,22,25,26,30);7,11,14H,3-5H2,1-2H3,(H,10,15)(H,12,13);1-4H,8H2,(H,9,10);1-4H,(H2,7,9);1-12H;7H,4-5H2,1-3H3;1H/q;;;;;+1;/p-1/t12-;7-;;;1-,2-,3-,4+,5-,6-;;/m00...../s1. The molecular formula is C52H75ClN12O21. The Bertz CT molecular complexity index is 2940. The number of anilines is 3. The molecule has 476 valence electrons. The van der Waals surface area contributed by atoms with E-state index in [4.69, 9.17) is 78.5 Å². The van der Waals surface area contributed by atoms with Crippen LogP contribution in [0.1, 0.15) is 69.9 Å². The summed E-state index contributed by atoms with van der Waals surface area (Å²) in [5.41, 5.74) is 17.1. The van der Waals surface area contributed by atoms with E-state index >= 15 is 0 Å². The fourth-order valence-electron chi connectivity index (χ4n) is 6.24. The normalized spacial score (nSPS) is 17.4. The Kier molecular flexibility index (Phi) is 33.9. The molecule has 2 aromatic carbocycles. The van der Waals surface area contributed by atoms with Crippen LogP contribution in [0.5, 0.6) is 0 Å². The lowest BCUT2D eigenvalue weighted by Gasteiger charge is -2.39. The van der Waals surface area contributed by atoms with Gasteiger partial charge in [0, 0.05) is 47.7 Å². The highest BCUT2D eigenvalue weighted by molar-refractivity contribution is 5.97. The van der Waals surface area contributed by atoms with E-state index in [9.17, 15) is 43.5 Å². The molecule has 33 nitrogen and oxygen atoms in total. The number of pyridine rings is 1. The van der Waals surface area contributed by atoms with Gasteiger partial charge in [-0.1, -0.05) is 13.8 Å². The van der Waals surface area contributed by atoms with Gasteiger partial charge < -0.3 is 121 Å². The van der Waals surface area contributed by atoms with Gasteiger partial charge in [0.25, 0.3) is 5.91 Å². The number of nitrogens with zero attached hydrogens (tertiary/aromatic N) is 5. The van der Waals surface area contributed by atoms with Gasteiger partial charge in [-0.05, 0) is 67.1 Å². The Balaban J connectivity index is 0.00000112. The van der Waals surface area contributed by atoms with Gasteiger partial charge in [0.15, 0.2) is 11.2 Å². The average molecular weight is 1240 g/mol. The Morgan fingerprint density at radius 1 is 0.733 bits per heavy atom. The Morgan fingerprint density at radius 2 is 1.26 bits per heavy atom. The molecule has 0 unspecified atom stereocenters. The quantitative estimate of drug-likeness (QED) is 0.0270. The number of amides is 3. The molecule has 1 aliphatic carbocycles. The van der Waals surface area contributed by atoms with Crippen LogP contribution < -0.4 is 51.1 Å². The topological polar surface area (TPSA) is 581 Å². The van der Waals surface area contributed by atoms with Crippen molar-refractivity contribution in [1.29, 1.82) is 0 Å². The second kappa shape index (κ2) is 37.6. The molecule has 1 aliphatic rings. The molecule has 1 fully saturated rings. The summed E-state index contributed by atoms with van der Waals surface area (Å²) in [6.45, 7) is 4.05. The van der Waals surface area contributed by atoms with E-state index in [2.05, 4.69) is 62.0 Å². The summed E-state index contributed by atoms with van der Waals surface area (Å²) in [5.74, 6) is -6.22. The molecule has 6 rings (SSSR count). The number of halogens is 1. The number of aromatic amines is 1. The highest BCUT2D eigenvalue weighted by Gasteiger charge is 2.47. The Hall–Kier alpha value is -8.61. The van der Waals surface area contributed by atoms with Crippen molar-refractivity contribution in [2.45, 2.75) is 88.4 Å². The van der Waals surface area contributed by atoms with E-state index in [0.717, 1.165) is 11.0 Å². The molecule has 3 aromatic heterocycles. The number of aromatic nitrogens is 5. The number of likely N-dealkylation sites (N-methyl/N-ethyl adjacent to an activating group) is 1. The number of fused-ring (bicyclic) bond motifs is 1. The van der Waals surface area contributed by atoms with Crippen molar-refractivity contribution in [2.24, 2.45) is 11.1 Å². The van der Waals surface area contributed by atoms with Crippen LogP contribution in [-0.4, -0.2) is 234 Å². The largest absolute Gasteiger partial charge is 1.00 e. The van der Waals surface area contributed by atoms with Crippen LogP contribution >= 0.6 is 0 Å². The van der Waals surface area contributed by atoms with Crippen molar-refractivity contribution in [1.82, 2.24) is 35.6 Å². The first-order valence-corrected chi connectivity index (χ1v) is 25.2. The summed E-state index contributed by atoms with van der Waals surface area (Å²) in [5, 5.41) is 123. The molecule has 0 aliphatic heterocycles. The lowest BCUT2D eigenvalue weighted by Crippen LogP contribution is -3.00. The smallest absolute Gasteiger partial charge is 0.335 e. The maximum atomic E-state index is 12.3. The van der Waals surface area contributed by atoms with Crippen molar-refractivity contribution in [3.05, 3.63) is 112 Å². The molecule has 0 saturated heterocycles. The van der Waals surface area contributed by atoms with E-state index < -0.39 is 101 Å². The van der Waals surface area contributed by atoms with Crippen molar-refractivity contribution < 1.29 is 117 Å². The number of benzene rings is 2. The molecule has 1 saturated carbocycles. The molecule has 34 heteroatoms. The molecule has 5 aromatic rings. The van der Waals surface area contributed by atoms with E-state index in [1.807, 2.05) is 0 Å². The molecule has 3 heterocycles. The number of aliphatic hydroxyl groups excluding tert-OH is 9. The highest BCUT2D eigenvalue weighted by atomic mass is 35.5. The lowest BCUT2D eigenvalue weighted by molar-refractivity contribution is -0.870. The van der Waals surface area contributed by atoms with Gasteiger partial charge in [-0.15, -0.1) is 0 Å². The van der Waals surface area contributed by atoms with Gasteiger partial charge in [-0.3, -0.25) is 33.8 Å². The number of nitrogen functional groups attached to an aromatic ring is 2. The Labute approximate surface area is 496 Å². The van der Waals surface area contributed by atoms with E-state index in [1.165, 1.54) is 50.5 Å². The number of quaternary nitrogens is 1. The van der Waals surface area contributed by atoms with Gasteiger partial charge in [0.05, 0.1) is 70.3 Å². The van der Waals surface area contributed by atoms with E-state index in [1.54, 1.807) is 42.6 Å². The van der Waals surface area contributed by atoms with Crippen LogP contribution in [0, 0.1) is 5.41 Å². The zero-order valence-electron chi connectivity index (χ0n) is 47.2. The number of aromatic carboxylic acids is 1. The predicted molar refractivity (Wildman–Crippen MR) is 301 cm³/mol. The summed E-state index contributed by atoms with van der Waals surface area (Å²) in [4.78, 5) is 106. The molecule has 86 heavy (non-hydrogen) atoms. The number of hydrogen-bond acceptors (Lipinski definition) is 24. The van der Waals surface area contributed by atoms with Crippen LogP contribution in [0.4, 0.5) is 17.3 Å². The number of nitrogens with two attached hydrogens (primary N) is 3. The van der Waals surface area contributed by atoms with Gasteiger partial charge in [-0.2, -0.15) is 4.98 Å². The summed E-state index contributed by atoms with van der Waals surface area (Å²) in [7, 11) is 6.16. The molecule has 3 amide bonds. The molecule has 0 spiro atoms. The minimum absolute atomic E-state index is 0. The fourth-order valence-corrected chi connectivity index (χ4v) is 6.24. The van der Waals surface area contributed by atoms with Gasteiger partial charge >= 0.3 is 29.4 Å². The van der Waals surface area contributed by atoms with Crippen LogP contribution in [0.25, 0.3) is 11.2 Å². The molecular weight excluding hydrogens is 1160 g/mol. The number of rotatable bonds is 19. The number of nitrogens with one attached hydrogen (secondary N) is 4. The van der Waals surface area contributed by atoms with Crippen LogP contribution in [0.3, 0.4) is 0 Å². The third kappa shape index (κ3) is 28.3. The number of carboxylic acid groups (broad SMARTS) is 4. The number of carbonyl (C=O) groups is 7. The monoisotopic (exact) mass is 1240 g/mol. The summed E-state index contributed by atoms with van der Waals surface area (Å²) >= 11 is 0. The second-order valence-corrected chi connectivity index (χ2v) is 19.9. The van der Waals surface area contributed by atoms with Crippen LogP contribution in [-0.2, 0) is 25.7 Å². The highest BCUT2D eigenvalue weighted by Crippen LogP contribution is 2.22. The average Bonchev–Trinajstić information content (AvgIpc) is 2.32. The third-order valence-electron chi connectivity index (χ3n) is 11.4. The number of aliphatic carboxylic acids is 3. The number of primary amides is 1. The summed E-state index contributed by atoms with van der Waals surface area (Å²) in [6, 6.07) is 14.2. The molecule has 0 bridgehead atoms. The first kappa shape index (κ1) is 77.4. The minimum atomic E-state index is -1.64. The number of H-pyrrole nitrogens is 1. The van der Waals surface area contributed by atoms with Gasteiger partial charge in [0.1, 0.15) is 55.3 Å². The number of carboxylic acids is 4. The zero-order chi connectivity index (χ0) is 64.9. The SMILES string of the molecule is CC(C)(CO)[C@@H](O)C(=O)NCCC(=O)O.C[N+](C)(C)CCO.NC(=O)c1cccnc1.Nc1ccc(C(=O)O)cc1.Nc1nc(=O)c2nc(CNc3ccc(C(=O)N[C@@H](CCC(=O)O)C(=O)O)cc3)cnc2[nH]1.O[C@H]1[C@H](O)[C@@H](O)[C@H](O)[C@@H](O)[C@H]1O.[Cl-]. The van der Waals surface area contributed by atoms with Crippen molar-refractivity contribution >= 4 is 70.1 Å². The minimum Gasteiger partial charge on any atom is -1.00 e. The maximum Gasteiger partial charge on any atom is 0.335 e. The lowest BCUT2D eigenvalue weighted by atomic mass is 9.85. The molecule has 2 atom stereocenters. The second-order valence-electron chi connectivity index (χ2n) is 19.9. The van der Waals surface area contributed by atoms with Crippen LogP contribution in [0.15, 0.2) is 84.0 Å². The fraction of sp³-hybridized carbons (Fsp3) is 0.423. The Morgan fingerprint density at radius 3 is 1.66 bits per heavy atom. The first-order valence-electron chi connectivity index (χ1n) is 25.2. The van der Waals surface area contributed by atoms with Gasteiger partial charge in [-0.25, -0.2) is 19.6 Å². The van der Waals surface area contributed by atoms with Crippen molar-refractivity contribution in [2.75, 3.05) is 64.2 Å². The van der Waals surface area contributed by atoms with Crippen molar-refractivity contribution in [3.8, 4) is 0 Å². The summed E-state index contributed by atoms with van der Waals surface area (Å²) in [6.07, 6.45) is -7.51. The predicted octanol–water partition coefficient (Wildman–Crippen LogP) is -7.09. The van der Waals surface area contributed by atoms with Crippen molar-refractivity contribution in [3.63, 3.8) is 0 Å². The first-order chi connectivity index (χ1) is 39.6. The number of carbonyl (C=O) groups excluding carboxylic acids is 3. The van der Waals surface area contributed by atoms with E-state index in [0.29, 0.717) is 22.6 Å². The summed E-state index contributed by atoms with van der Waals surface area (Å²) < 4.78 is 0.844. The molecule has 0 radical (unpaired) electrons. The molecule has 23 N–H and O–H groups in total. The van der Waals surface area contributed by atoms with Gasteiger partial charge in [0.2, 0.25) is 17.8 Å². The van der Waals surface area contributed by atoms with Crippen LogP contribution in [0.2, 0.25) is 0 Å². The third-order valence-corrected chi connectivity index (χ3v) is 11.4. The maximum absolute atomic E-state index is 12.3. The number of aliphatic hydroxyl groups is 9.